The van der Waals surface area contributed by atoms with Crippen molar-refractivity contribution in [2.75, 3.05) is 13.1 Å². The predicted octanol–water partition coefficient (Wildman–Crippen LogP) is 2.47. The molecule has 20 heavy (non-hydrogen) atoms. The van der Waals surface area contributed by atoms with Gasteiger partial charge in [-0.3, -0.25) is 4.90 Å². The molecule has 0 aliphatic carbocycles. The number of hydrogen-bond acceptors (Lipinski definition) is 3. The fourth-order valence-electron chi connectivity index (χ4n) is 3.49. The summed E-state index contributed by atoms with van der Waals surface area (Å²) in [5.41, 5.74) is 7.47. The Bertz CT molecular complexity index is 438. The number of fused-ring (bicyclic) bond motifs is 2. The maximum Gasteiger partial charge on any atom is 0.123 e. The Morgan fingerprint density at radius 3 is 2.40 bits per heavy atom. The summed E-state index contributed by atoms with van der Waals surface area (Å²) in [5.74, 6) is -0.195. The Labute approximate surface area is 119 Å². The van der Waals surface area contributed by atoms with Crippen molar-refractivity contribution in [2.45, 2.75) is 50.5 Å². The summed E-state index contributed by atoms with van der Waals surface area (Å²) in [6.45, 7) is 3.98. The highest BCUT2D eigenvalue weighted by molar-refractivity contribution is 5.22. The molecule has 4 heteroatoms. The van der Waals surface area contributed by atoms with Gasteiger partial charge in [-0.2, -0.15) is 0 Å². The first-order chi connectivity index (χ1) is 9.67. The lowest BCUT2D eigenvalue weighted by atomic mass is 9.95. The Morgan fingerprint density at radius 2 is 1.85 bits per heavy atom. The molecule has 2 N–H and O–H groups in total. The molecular weight excluding hydrogens is 255 g/mol. The van der Waals surface area contributed by atoms with Crippen molar-refractivity contribution in [3.8, 4) is 0 Å². The van der Waals surface area contributed by atoms with Crippen molar-refractivity contribution in [2.24, 2.45) is 5.73 Å². The topological polar surface area (TPSA) is 38.5 Å². The number of rotatable bonds is 4. The Kier molecular flexibility index (Phi) is 4.06. The van der Waals surface area contributed by atoms with Gasteiger partial charge in [-0.15, -0.1) is 0 Å². The molecule has 2 bridgehead atoms. The van der Waals surface area contributed by atoms with E-state index in [0.717, 1.165) is 37.9 Å². The zero-order chi connectivity index (χ0) is 14.1. The van der Waals surface area contributed by atoms with E-state index < -0.39 is 0 Å². The van der Waals surface area contributed by atoms with E-state index in [9.17, 15) is 4.39 Å². The first kappa shape index (κ1) is 14.0. The van der Waals surface area contributed by atoms with E-state index in [1.54, 1.807) is 0 Å². The summed E-state index contributed by atoms with van der Waals surface area (Å²) in [6.07, 6.45) is 3.91. The van der Waals surface area contributed by atoms with Crippen LogP contribution in [0.2, 0.25) is 0 Å². The van der Waals surface area contributed by atoms with Crippen LogP contribution in [0.5, 0.6) is 0 Å². The minimum Gasteiger partial charge on any atom is -0.372 e. The summed E-state index contributed by atoms with van der Waals surface area (Å²) >= 11 is 0. The molecule has 0 saturated carbocycles. The number of hydrogen-bond donors (Lipinski definition) is 1. The highest BCUT2D eigenvalue weighted by Gasteiger charge is 2.38. The van der Waals surface area contributed by atoms with E-state index in [0.29, 0.717) is 12.2 Å². The lowest BCUT2D eigenvalue weighted by Gasteiger charge is -2.40. The largest absolute Gasteiger partial charge is 0.372 e. The van der Waals surface area contributed by atoms with E-state index in [1.807, 2.05) is 12.1 Å². The SMILES string of the molecule is CCC(N)C(c1ccc(F)cc1)N1CC2CCC(C1)O2. The van der Waals surface area contributed by atoms with Crippen molar-refractivity contribution >= 4 is 0 Å². The second kappa shape index (κ2) is 5.80. The minimum absolute atomic E-state index is 0.0676. The number of halogens is 1. The van der Waals surface area contributed by atoms with Gasteiger partial charge < -0.3 is 10.5 Å². The normalized spacial score (nSPS) is 29.4. The molecule has 2 saturated heterocycles. The van der Waals surface area contributed by atoms with E-state index in [2.05, 4.69) is 11.8 Å². The lowest BCUT2D eigenvalue weighted by molar-refractivity contribution is -0.0568. The average molecular weight is 278 g/mol. The van der Waals surface area contributed by atoms with Gasteiger partial charge in [0.15, 0.2) is 0 Å². The molecule has 2 heterocycles. The average Bonchev–Trinajstić information content (AvgIpc) is 2.80. The van der Waals surface area contributed by atoms with Crippen molar-refractivity contribution in [1.82, 2.24) is 4.90 Å². The number of benzene rings is 1. The summed E-state index contributed by atoms with van der Waals surface area (Å²) in [6, 6.07) is 7.02. The second-order valence-corrected chi connectivity index (χ2v) is 5.98. The molecule has 0 aromatic heterocycles. The van der Waals surface area contributed by atoms with Gasteiger partial charge in [0, 0.05) is 19.1 Å². The van der Waals surface area contributed by atoms with Crippen molar-refractivity contribution in [3.05, 3.63) is 35.6 Å². The van der Waals surface area contributed by atoms with Crippen LogP contribution in [0.25, 0.3) is 0 Å². The van der Waals surface area contributed by atoms with Crippen LogP contribution in [0.4, 0.5) is 4.39 Å². The fourth-order valence-corrected chi connectivity index (χ4v) is 3.49. The van der Waals surface area contributed by atoms with Crippen LogP contribution in [0.1, 0.15) is 37.8 Å². The van der Waals surface area contributed by atoms with Crippen molar-refractivity contribution in [1.29, 1.82) is 0 Å². The van der Waals surface area contributed by atoms with Gasteiger partial charge in [0.25, 0.3) is 0 Å². The Hall–Kier alpha value is -0.970. The summed E-state index contributed by atoms with van der Waals surface area (Å²) in [7, 11) is 0. The van der Waals surface area contributed by atoms with Crippen LogP contribution in [-0.4, -0.2) is 36.2 Å². The minimum atomic E-state index is -0.195. The molecule has 110 valence electrons. The molecule has 0 amide bonds. The number of likely N-dealkylation sites (tertiary alicyclic amines) is 1. The third-order valence-electron chi connectivity index (χ3n) is 4.55. The van der Waals surface area contributed by atoms with E-state index in [1.165, 1.54) is 12.1 Å². The predicted molar refractivity (Wildman–Crippen MR) is 76.9 cm³/mol. The molecule has 4 unspecified atom stereocenters. The highest BCUT2D eigenvalue weighted by atomic mass is 19.1. The Balaban J connectivity index is 1.84. The fraction of sp³-hybridized carbons (Fsp3) is 0.625. The van der Waals surface area contributed by atoms with Gasteiger partial charge in [0.2, 0.25) is 0 Å². The van der Waals surface area contributed by atoms with Gasteiger partial charge >= 0.3 is 0 Å². The second-order valence-electron chi connectivity index (χ2n) is 5.98. The molecule has 2 aliphatic rings. The van der Waals surface area contributed by atoms with Crippen LogP contribution >= 0.6 is 0 Å². The molecule has 4 atom stereocenters. The van der Waals surface area contributed by atoms with Crippen LogP contribution < -0.4 is 5.73 Å². The maximum absolute atomic E-state index is 13.1. The van der Waals surface area contributed by atoms with E-state index in [4.69, 9.17) is 10.5 Å². The van der Waals surface area contributed by atoms with Gasteiger partial charge in [-0.05, 0) is 37.0 Å². The third-order valence-corrected chi connectivity index (χ3v) is 4.55. The van der Waals surface area contributed by atoms with E-state index in [-0.39, 0.29) is 17.9 Å². The molecule has 1 aromatic rings. The van der Waals surface area contributed by atoms with Crippen LogP contribution in [0.3, 0.4) is 0 Å². The first-order valence-electron chi connectivity index (χ1n) is 7.58. The summed E-state index contributed by atoms with van der Waals surface area (Å²) in [5, 5.41) is 0. The zero-order valence-electron chi connectivity index (χ0n) is 12.0. The first-order valence-corrected chi connectivity index (χ1v) is 7.58. The number of ether oxygens (including phenoxy) is 1. The number of morpholine rings is 1. The monoisotopic (exact) mass is 278 g/mol. The maximum atomic E-state index is 13.1. The lowest BCUT2D eigenvalue weighted by Crippen LogP contribution is -2.49. The highest BCUT2D eigenvalue weighted by Crippen LogP contribution is 2.33. The Morgan fingerprint density at radius 1 is 1.25 bits per heavy atom. The standard InChI is InChI=1S/C16H23FN2O/c1-2-15(18)16(11-3-5-12(17)6-4-11)19-9-13-7-8-14(10-19)20-13/h3-6,13-16H,2,7-10,18H2,1H3. The van der Waals surface area contributed by atoms with Gasteiger partial charge in [0.05, 0.1) is 18.2 Å². The quantitative estimate of drug-likeness (QED) is 0.919. The van der Waals surface area contributed by atoms with Crippen molar-refractivity contribution < 1.29 is 9.13 Å². The molecule has 1 aromatic carbocycles. The molecule has 3 nitrogen and oxygen atoms in total. The van der Waals surface area contributed by atoms with Gasteiger partial charge in [-0.25, -0.2) is 4.39 Å². The third kappa shape index (κ3) is 2.73. The van der Waals surface area contributed by atoms with Gasteiger partial charge in [0.1, 0.15) is 5.82 Å². The number of nitrogens with zero attached hydrogens (tertiary/aromatic N) is 1. The number of nitrogens with two attached hydrogens (primary N) is 1. The van der Waals surface area contributed by atoms with Crippen molar-refractivity contribution in [3.63, 3.8) is 0 Å². The molecule has 2 fully saturated rings. The summed E-state index contributed by atoms with van der Waals surface area (Å²) in [4.78, 5) is 2.44. The zero-order valence-corrected chi connectivity index (χ0v) is 12.0. The van der Waals surface area contributed by atoms with Crippen LogP contribution in [0, 0.1) is 5.82 Å². The molecular formula is C16H23FN2O. The molecule has 2 aliphatic heterocycles. The van der Waals surface area contributed by atoms with Gasteiger partial charge in [-0.1, -0.05) is 19.1 Å². The summed E-state index contributed by atoms with van der Waals surface area (Å²) < 4.78 is 19.0. The molecule has 0 radical (unpaired) electrons. The van der Waals surface area contributed by atoms with Crippen LogP contribution in [-0.2, 0) is 4.74 Å². The molecule has 3 rings (SSSR count). The smallest absolute Gasteiger partial charge is 0.123 e. The van der Waals surface area contributed by atoms with Crippen LogP contribution in [0.15, 0.2) is 24.3 Å². The molecule has 0 spiro atoms. The van der Waals surface area contributed by atoms with E-state index >= 15 is 0 Å².